The fourth-order valence-corrected chi connectivity index (χ4v) is 3.98. The number of aromatic nitrogens is 4. The van der Waals surface area contributed by atoms with Crippen molar-refractivity contribution >= 4 is 34.5 Å². The third-order valence-electron chi connectivity index (χ3n) is 4.87. The van der Waals surface area contributed by atoms with Gasteiger partial charge >= 0.3 is 0 Å². The summed E-state index contributed by atoms with van der Waals surface area (Å²) in [6.45, 7) is 5.49. The second-order valence-corrected chi connectivity index (χ2v) is 8.10. The van der Waals surface area contributed by atoms with Gasteiger partial charge in [-0.2, -0.15) is 5.10 Å². The standard InChI is InChI=1S/C18H26N6OS/c1-2-11-26-18-21-15(23-8-3-4-9-23)14-12-20-24(16(14)22-18)10-7-19-17(25)13-5-6-13/h12-13H,2-11H2,1H3,(H,19,25). The Morgan fingerprint density at radius 3 is 2.85 bits per heavy atom. The van der Waals surface area contributed by atoms with Crippen LogP contribution in [0.25, 0.3) is 11.0 Å². The van der Waals surface area contributed by atoms with Crippen molar-refractivity contribution in [2.24, 2.45) is 5.92 Å². The monoisotopic (exact) mass is 374 g/mol. The summed E-state index contributed by atoms with van der Waals surface area (Å²) in [6, 6.07) is 0. The number of nitrogens with zero attached hydrogens (tertiary/aromatic N) is 5. The van der Waals surface area contributed by atoms with Gasteiger partial charge < -0.3 is 10.2 Å². The summed E-state index contributed by atoms with van der Waals surface area (Å²) in [5.74, 6) is 2.44. The number of hydrogen-bond donors (Lipinski definition) is 1. The maximum atomic E-state index is 11.8. The van der Waals surface area contributed by atoms with E-state index in [-0.39, 0.29) is 11.8 Å². The average molecular weight is 375 g/mol. The molecular formula is C18H26N6OS. The van der Waals surface area contributed by atoms with Crippen LogP contribution in [0, 0.1) is 5.92 Å². The van der Waals surface area contributed by atoms with E-state index in [9.17, 15) is 4.79 Å². The summed E-state index contributed by atoms with van der Waals surface area (Å²) in [5, 5.41) is 9.38. The van der Waals surface area contributed by atoms with E-state index in [0.29, 0.717) is 13.1 Å². The van der Waals surface area contributed by atoms with Gasteiger partial charge in [0.15, 0.2) is 10.8 Å². The number of anilines is 1. The van der Waals surface area contributed by atoms with Gasteiger partial charge in [0, 0.05) is 31.3 Å². The molecule has 26 heavy (non-hydrogen) atoms. The predicted molar refractivity (Wildman–Crippen MR) is 104 cm³/mol. The maximum Gasteiger partial charge on any atom is 0.223 e. The zero-order chi connectivity index (χ0) is 17.9. The lowest BCUT2D eigenvalue weighted by molar-refractivity contribution is -0.122. The third-order valence-corrected chi connectivity index (χ3v) is 5.92. The van der Waals surface area contributed by atoms with Crippen LogP contribution in [0.3, 0.4) is 0 Å². The lowest BCUT2D eigenvalue weighted by Gasteiger charge is -2.18. The number of carbonyl (C=O) groups excluding carboxylic acids is 1. The molecule has 2 fully saturated rings. The molecule has 7 nitrogen and oxygen atoms in total. The summed E-state index contributed by atoms with van der Waals surface area (Å²) in [5.41, 5.74) is 0.876. The SMILES string of the molecule is CCCSc1nc(N2CCCC2)c2cnn(CCNC(=O)C3CC3)c2n1. The normalized spacial score (nSPS) is 17.2. The van der Waals surface area contributed by atoms with Gasteiger partial charge in [0.2, 0.25) is 5.91 Å². The molecule has 2 aromatic heterocycles. The van der Waals surface area contributed by atoms with Gasteiger partial charge in [-0.15, -0.1) is 0 Å². The van der Waals surface area contributed by atoms with Gasteiger partial charge in [-0.25, -0.2) is 14.6 Å². The van der Waals surface area contributed by atoms with Crippen LogP contribution in [-0.4, -0.2) is 51.0 Å². The molecular weight excluding hydrogens is 348 g/mol. The van der Waals surface area contributed by atoms with Crippen LogP contribution in [0.4, 0.5) is 5.82 Å². The zero-order valence-electron chi connectivity index (χ0n) is 15.3. The molecule has 1 saturated heterocycles. The maximum absolute atomic E-state index is 11.8. The van der Waals surface area contributed by atoms with Crippen LogP contribution in [0.15, 0.2) is 11.4 Å². The van der Waals surface area contributed by atoms with Crippen molar-refractivity contribution in [1.82, 2.24) is 25.1 Å². The largest absolute Gasteiger partial charge is 0.356 e. The summed E-state index contributed by atoms with van der Waals surface area (Å²) < 4.78 is 1.90. The van der Waals surface area contributed by atoms with E-state index in [1.807, 2.05) is 10.9 Å². The first-order valence-electron chi connectivity index (χ1n) is 9.65. The molecule has 0 atom stereocenters. The van der Waals surface area contributed by atoms with Gasteiger partial charge in [-0.05, 0) is 32.1 Å². The highest BCUT2D eigenvalue weighted by Gasteiger charge is 2.29. The highest BCUT2D eigenvalue weighted by atomic mass is 32.2. The Bertz CT molecular complexity index is 781. The smallest absolute Gasteiger partial charge is 0.223 e. The van der Waals surface area contributed by atoms with Crippen molar-refractivity contribution < 1.29 is 4.79 Å². The Hall–Kier alpha value is -1.83. The van der Waals surface area contributed by atoms with E-state index >= 15 is 0 Å². The van der Waals surface area contributed by atoms with Crippen LogP contribution < -0.4 is 10.2 Å². The van der Waals surface area contributed by atoms with Gasteiger partial charge in [-0.3, -0.25) is 4.79 Å². The van der Waals surface area contributed by atoms with Gasteiger partial charge in [0.05, 0.1) is 18.1 Å². The molecule has 0 spiro atoms. The number of fused-ring (bicyclic) bond motifs is 1. The lowest BCUT2D eigenvalue weighted by atomic mass is 10.3. The van der Waals surface area contributed by atoms with Crippen molar-refractivity contribution in [2.75, 3.05) is 30.3 Å². The summed E-state index contributed by atoms with van der Waals surface area (Å²) >= 11 is 1.70. The first kappa shape index (κ1) is 17.6. The summed E-state index contributed by atoms with van der Waals surface area (Å²) in [6.07, 6.45) is 7.45. The van der Waals surface area contributed by atoms with Crippen LogP contribution in [0.5, 0.6) is 0 Å². The van der Waals surface area contributed by atoms with Crippen molar-refractivity contribution in [2.45, 2.75) is 50.7 Å². The third kappa shape index (κ3) is 3.79. The lowest BCUT2D eigenvalue weighted by Crippen LogP contribution is -2.28. The summed E-state index contributed by atoms with van der Waals surface area (Å²) in [4.78, 5) is 23.8. The molecule has 1 aliphatic heterocycles. The first-order chi connectivity index (χ1) is 12.8. The Morgan fingerprint density at radius 1 is 1.31 bits per heavy atom. The van der Waals surface area contributed by atoms with Crippen molar-refractivity contribution in [3.8, 4) is 0 Å². The fourth-order valence-electron chi connectivity index (χ4n) is 3.29. The van der Waals surface area contributed by atoms with Crippen LogP contribution in [0.2, 0.25) is 0 Å². The molecule has 0 unspecified atom stereocenters. The van der Waals surface area contributed by atoms with Gasteiger partial charge in [0.25, 0.3) is 0 Å². The van der Waals surface area contributed by atoms with Crippen molar-refractivity contribution in [3.63, 3.8) is 0 Å². The molecule has 2 aliphatic rings. The Balaban J connectivity index is 1.56. The molecule has 1 aliphatic carbocycles. The Kier molecular flexibility index (Phi) is 5.28. The molecule has 1 saturated carbocycles. The molecule has 1 N–H and O–H groups in total. The first-order valence-corrected chi connectivity index (χ1v) is 10.6. The second-order valence-electron chi connectivity index (χ2n) is 7.04. The van der Waals surface area contributed by atoms with Crippen LogP contribution >= 0.6 is 11.8 Å². The van der Waals surface area contributed by atoms with E-state index in [1.54, 1.807) is 11.8 Å². The molecule has 1 amide bonds. The second kappa shape index (κ2) is 7.82. The molecule has 8 heteroatoms. The van der Waals surface area contributed by atoms with E-state index in [1.165, 1.54) is 12.8 Å². The van der Waals surface area contributed by atoms with Crippen molar-refractivity contribution in [3.05, 3.63) is 6.20 Å². The molecule has 0 bridgehead atoms. The topological polar surface area (TPSA) is 75.9 Å². The number of nitrogens with one attached hydrogen (secondary N) is 1. The number of rotatable bonds is 8. The minimum Gasteiger partial charge on any atom is -0.356 e. The number of thioether (sulfide) groups is 1. The van der Waals surface area contributed by atoms with Gasteiger partial charge in [0.1, 0.15) is 5.82 Å². The minimum atomic E-state index is 0.174. The molecule has 140 valence electrons. The van der Waals surface area contributed by atoms with Gasteiger partial charge in [-0.1, -0.05) is 18.7 Å². The highest BCUT2D eigenvalue weighted by Crippen LogP contribution is 2.30. The Morgan fingerprint density at radius 2 is 2.12 bits per heavy atom. The molecule has 3 heterocycles. The van der Waals surface area contributed by atoms with E-state index in [0.717, 1.165) is 60.1 Å². The minimum absolute atomic E-state index is 0.174. The Labute approximate surface area is 157 Å². The quantitative estimate of drug-likeness (QED) is 0.565. The van der Waals surface area contributed by atoms with E-state index < -0.39 is 0 Å². The molecule has 0 radical (unpaired) electrons. The van der Waals surface area contributed by atoms with Crippen LogP contribution in [0.1, 0.15) is 39.0 Å². The average Bonchev–Trinajstić information content (AvgIpc) is 3.21. The van der Waals surface area contributed by atoms with Crippen LogP contribution in [-0.2, 0) is 11.3 Å². The number of hydrogen-bond acceptors (Lipinski definition) is 6. The number of carbonyl (C=O) groups is 1. The molecule has 4 rings (SSSR count). The number of amides is 1. The summed E-state index contributed by atoms with van der Waals surface area (Å²) in [7, 11) is 0. The van der Waals surface area contributed by atoms with E-state index in [4.69, 9.17) is 9.97 Å². The predicted octanol–water partition coefficient (Wildman–Crippen LogP) is 2.45. The molecule has 0 aromatic carbocycles. The highest BCUT2D eigenvalue weighted by molar-refractivity contribution is 7.99. The van der Waals surface area contributed by atoms with E-state index in [2.05, 4.69) is 22.2 Å². The zero-order valence-corrected chi connectivity index (χ0v) is 16.1. The van der Waals surface area contributed by atoms with Crippen molar-refractivity contribution in [1.29, 1.82) is 0 Å². The molecule has 2 aromatic rings. The fraction of sp³-hybridized carbons (Fsp3) is 0.667.